The Balaban J connectivity index is 1.60. The minimum Gasteiger partial charge on any atom is -0.484 e. The molecule has 9 nitrogen and oxygen atoms in total. The van der Waals surface area contributed by atoms with Crippen LogP contribution in [0.4, 0.5) is 5.00 Å². The van der Waals surface area contributed by atoms with Gasteiger partial charge in [0, 0.05) is 18.0 Å². The third-order valence-corrected chi connectivity index (χ3v) is 7.79. The molecule has 11 heteroatoms. The number of nitrogens with one attached hydrogen (secondary N) is 1. The summed E-state index contributed by atoms with van der Waals surface area (Å²) in [5.74, 6) is -0.575. The van der Waals surface area contributed by atoms with Crippen molar-refractivity contribution in [1.29, 1.82) is 0 Å². The van der Waals surface area contributed by atoms with Crippen molar-refractivity contribution in [3.8, 4) is 5.75 Å². The van der Waals surface area contributed by atoms with E-state index in [1.807, 2.05) is 6.92 Å². The number of morpholine rings is 1. The molecule has 0 spiro atoms. The van der Waals surface area contributed by atoms with E-state index in [1.54, 1.807) is 13.0 Å². The first-order chi connectivity index (χ1) is 15.3. The number of sulfonamides is 1. The van der Waals surface area contributed by atoms with Crippen molar-refractivity contribution in [1.82, 2.24) is 4.31 Å². The number of carbonyl (C=O) groups is 2. The van der Waals surface area contributed by atoms with Gasteiger partial charge in [0.2, 0.25) is 10.0 Å². The maximum atomic E-state index is 12.7. The average molecular weight is 483 g/mol. The van der Waals surface area contributed by atoms with Crippen LogP contribution in [0.5, 0.6) is 5.75 Å². The Hall–Kier alpha value is -2.47. The molecule has 1 N–H and O–H groups in total. The van der Waals surface area contributed by atoms with Gasteiger partial charge in [-0.05, 0) is 43.7 Å². The van der Waals surface area contributed by atoms with E-state index in [4.69, 9.17) is 14.2 Å². The van der Waals surface area contributed by atoms with Gasteiger partial charge in [0.1, 0.15) is 10.8 Å². The van der Waals surface area contributed by atoms with Gasteiger partial charge in [0.25, 0.3) is 5.91 Å². The number of aryl methyl sites for hydroxylation is 1. The fourth-order valence-electron chi connectivity index (χ4n) is 3.03. The van der Waals surface area contributed by atoms with Gasteiger partial charge in [0.15, 0.2) is 6.61 Å². The van der Waals surface area contributed by atoms with E-state index in [1.165, 1.54) is 39.9 Å². The van der Waals surface area contributed by atoms with Crippen LogP contribution in [0.15, 0.2) is 35.2 Å². The zero-order valence-electron chi connectivity index (χ0n) is 18.0. The van der Waals surface area contributed by atoms with E-state index in [2.05, 4.69) is 5.32 Å². The second-order valence-corrected chi connectivity index (χ2v) is 9.93. The molecule has 2 aromatic rings. The topological polar surface area (TPSA) is 111 Å². The lowest BCUT2D eigenvalue weighted by Gasteiger charge is -2.26. The summed E-state index contributed by atoms with van der Waals surface area (Å²) in [6, 6.07) is 7.62. The Morgan fingerprint density at radius 1 is 1.16 bits per heavy atom. The molecule has 2 heterocycles. The number of benzene rings is 1. The molecular formula is C21H26N2O7S2. The van der Waals surface area contributed by atoms with Gasteiger partial charge in [0.05, 0.1) is 30.3 Å². The fraction of sp³-hybridized carbons (Fsp3) is 0.429. The van der Waals surface area contributed by atoms with Crippen LogP contribution in [0.1, 0.15) is 29.1 Å². The van der Waals surface area contributed by atoms with Gasteiger partial charge in [-0.1, -0.05) is 6.92 Å². The van der Waals surface area contributed by atoms with Crippen LogP contribution in [0.2, 0.25) is 0 Å². The number of ether oxygens (including phenoxy) is 3. The smallest absolute Gasteiger partial charge is 0.341 e. The SMILES string of the molecule is CCOC(=O)c1cc(CC)sc1NC(=O)COc1ccc(S(=O)(=O)N2CCOCC2)cc1. The highest BCUT2D eigenvalue weighted by Crippen LogP contribution is 2.29. The summed E-state index contributed by atoms with van der Waals surface area (Å²) in [4.78, 5) is 25.6. The number of thiophene rings is 1. The number of carbonyl (C=O) groups excluding carboxylic acids is 2. The monoisotopic (exact) mass is 482 g/mol. The van der Waals surface area contributed by atoms with Crippen molar-refractivity contribution < 1.29 is 32.2 Å². The molecule has 0 atom stereocenters. The predicted molar refractivity (Wildman–Crippen MR) is 120 cm³/mol. The molecule has 1 amide bonds. The van der Waals surface area contributed by atoms with E-state index in [0.29, 0.717) is 42.6 Å². The molecule has 1 fully saturated rings. The third-order valence-electron chi connectivity index (χ3n) is 4.68. The summed E-state index contributed by atoms with van der Waals surface area (Å²) >= 11 is 1.31. The fourth-order valence-corrected chi connectivity index (χ4v) is 5.43. The second-order valence-electron chi connectivity index (χ2n) is 6.85. The van der Waals surface area contributed by atoms with Crippen LogP contribution in [0.25, 0.3) is 0 Å². The molecule has 1 aliphatic rings. The number of esters is 1. The van der Waals surface area contributed by atoms with Crippen molar-refractivity contribution in [2.45, 2.75) is 25.2 Å². The van der Waals surface area contributed by atoms with Crippen molar-refractivity contribution in [3.63, 3.8) is 0 Å². The van der Waals surface area contributed by atoms with E-state index >= 15 is 0 Å². The lowest BCUT2D eigenvalue weighted by Crippen LogP contribution is -2.40. The summed E-state index contributed by atoms with van der Waals surface area (Å²) in [7, 11) is -3.59. The average Bonchev–Trinajstić information content (AvgIpc) is 3.21. The number of hydrogen-bond acceptors (Lipinski definition) is 8. The number of anilines is 1. The molecule has 1 aromatic carbocycles. The molecule has 3 rings (SSSR count). The summed E-state index contributed by atoms with van der Waals surface area (Å²) in [6.07, 6.45) is 0.725. The summed E-state index contributed by atoms with van der Waals surface area (Å²) in [6.45, 7) is 5.00. The molecule has 1 aromatic heterocycles. The van der Waals surface area contributed by atoms with Crippen LogP contribution in [0.3, 0.4) is 0 Å². The minimum atomic E-state index is -3.59. The van der Waals surface area contributed by atoms with Gasteiger partial charge in [-0.3, -0.25) is 4.79 Å². The van der Waals surface area contributed by atoms with Crippen LogP contribution in [0, 0.1) is 0 Å². The number of nitrogens with zero attached hydrogens (tertiary/aromatic N) is 1. The first-order valence-electron chi connectivity index (χ1n) is 10.3. The van der Waals surface area contributed by atoms with Gasteiger partial charge in [-0.25, -0.2) is 13.2 Å². The normalized spacial score (nSPS) is 14.7. The van der Waals surface area contributed by atoms with Crippen LogP contribution < -0.4 is 10.1 Å². The molecule has 1 saturated heterocycles. The van der Waals surface area contributed by atoms with Crippen LogP contribution in [-0.4, -0.2) is 64.1 Å². The van der Waals surface area contributed by atoms with Gasteiger partial charge < -0.3 is 19.5 Å². The van der Waals surface area contributed by atoms with E-state index in [0.717, 1.165) is 11.3 Å². The number of rotatable bonds is 9. The van der Waals surface area contributed by atoms with E-state index in [9.17, 15) is 18.0 Å². The van der Waals surface area contributed by atoms with E-state index < -0.39 is 21.9 Å². The second kappa shape index (κ2) is 10.9. The molecule has 0 unspecified atom stereocenters. The first kappa shape index (κ1) is 24.2. The molecule has 1 aliphatic heterocycles. The summed E-state index contributed by atoms with van der Waals surface area (Å²) < 4.78 is 42.4. The highest BCUT2D eigenvalue weighted by Gasteiger charge is 2.26. The molecule has 32 heavy (non-hydrogen) atoms. The molecule has 174 valence electrons. The maximum Gasteiger partial charge on any atom is 0.341 e. The predicted octanol–water partition coefficient (Wildman–Crippen LogP) is 2.53. The highest BCUT2D eigenvalue weighted by atomic mass is 32.2. The Labute approximate surface area is 191 Å². The van der Waals surface area contributed by atoms with Crippen molar-refractivity contribution >= 4 is 38.2 Å². The first-order valence-corrected chi connectivity index (χ1v) is 12.5. The largest absolute Gasteiger partial charge is 0.484 e. The standard InChI is InChI=1S/C21H26N2O7S2/c1-3-16-13-18(21(25)29-4-2)20(31-16)22-19(24)14-30-15-5-7-17(8-6-15)32(26,27)23-9-11-28-12-10-23/h5-8,13H,3-4,9-12,14H2,1-2H3,(H,22,24). The molecule has 0 radical (unpaired) electrons. The molecule has 0 saturated carbocycles. The van der Waals surface area contributed by atoms with Gasteiger partial charge >= 0.3 is 5.97 Å². The van der Waals surface area contributed by atoms with Crippen molar-refractivity contribution in [2.24, 2.45) is 0 Å². The van der Waals surface area contributed by atoms with Crippen molar-refractivity contribution in [2.75, 3.05) is 44.8 Å². The number of amides is 1. The number of hydrogen-bond donors (Lipinski definition) is 1. The Morgan fingerprint density at radius 2 is 1.84 bits per heavy atom. The minimum absolute atomic E-state index is 0.154. The van der Waals surface area contributed by atoms with Crippen LogP contribution in [-0.2, 0) is 30.7 Å². The summed E-state index contributed by atoms with van der Waals surface area (Å²) in [5, 5.41) is 3.11. The zero-order valence-corrected chi connectivity index (χ0v) is 19.6. The highest BCUT2D eigenvalue weighted by molar-refractivity contribution is 7.89. The summed E-state index contributed by atoms with van der Waals surface area (Å²) in [5.41, 5.74) is 0.319. The van der Waals surface area contributed by atoms with E-state index in [-0.39, 0.29) is 18.1 Å². The Kier molecular flexibility index (Phi) is 8.24. The molecule has 0 bridgehead atoms. The quantitative estimate of drug-likeness (QED) is 0.547. The Bertz CT molecular complexity index is 1040. The lowest BCUT2D eigenvalue weighted by molar-refractivity contribution is -0.118. The van der Waals surface area contributed by atoms with Crippen molar-refractivity contribution in [3.05, 3.63) is 40.8 Å². The lowest BCUT2D eigenvalue weighted by atomic mass is 10.2. The van der Waals surface area contributed by atoms with Crippen LogP contribution >= 0.6 is 11.3 Å². The molecule has 0 aliphatic carbocycles. The maximum absolute atomic E-state index is 12.7. The van der Waals surface area contributed by atoms with Gasteiger partial charge in [-0.15, -0.1) is 11.3 Å². The Morgan fingerprint density at radius 3 is 2.47 bits per heavy atom. The van der Waals surface area contributed by atoms with Gasteiger partial charge in [-0.2, -0.15) is 4.31 Å². The molecular weight excluding hydrogens is 456 g/mol. The third kappa shape index (κ3) is 5.85. The zero-order chi connectivity index (χ0) is 23.1.